The molecule has 278 valence electrons. The van der Waals surface area contributed by atoms with Crippen molar-refractivity contribution < 1.29 is 28.5 Å². The van der Waals surface area contributed by atoms with Gasteiger partial charge < -0.3 is 18.9 Å². The van der Waals surface area contributed by atoms with Crippen LogP contribution < -0.4 is 29.1 Å². The fraction of sp³-hybridized carbons (Fsp3) is 0.262. The number of hydrogen-bond donors (Lipinski definition) is 0. The number of fused-ring (bicyclic) bond motifs is 1. The average molecular weight is 747 g/mol. The van der Waals surface area contributed by atoms with E-state index in [1.54, 1.807) is 29.8 Å². The number of carbonyl (C=O) groups excluding carboxylic acids is 2. The van der Waals surface area contributed by atoms with E-state index in [0.717, 1.165) is 29.0 Å². The highest BCUT2D eigenvalue weighted by atomic mass is 32.1. The van der Waals surface area contributed by atoms with Crippen molar-refractivity contribution in [1.29, 1.82) is 0 Å². The van der Waals surface area contributed by atoms with Crippen LogP contribution in [-0.4, -0.2) is 46.6 Å². The molecule has 0 radical (unpaired) electrons. The summed E-state index contributed by atoms with van der Waals surface area (Å²) in [5, 5.41) is 4.99. The van der Waals surface area contributed by atoms with Crippen molar-refractivity contribution in [2.45, 2.75) is 47.1 Å². The fourth-order valence-corrected chi connectivity index (χ4v) is 7.18. The molecule has 11 nitrogen and oxygen atoms in total. The second kappa shape index (κ2) is 16.3. The van der Waals surface area contributed by atoms with Gasteiger partial charge in [0.2, 0.25) is 0 Å². The van der Waals surface area contributed by atoms with Crippen molar-refractivity contribution in [2.75, 3.05) is 20.3 Å². The number of thiazole rings is 1. The number of ether oxygens (including phenoxy) is 4. The summed E-state index contributed by atoms with van der Waals surface area (Å²) in [5.41, 5.74) is 4.81. The number of para-hydroxylation sites is 1. The number of esters is 2. The van der Waals surface area contributed by atoms with Crippen LogP contribution in [0.15, 0.2) is 107 Å². The van der Waals surface area contributed by atoms with Gasteiger partial charge in [0.25, 0.3) is 5.56 Å². The molecule has 0 N–H and O–H groups in total. The van der Waals surface area contributed by atoms with E-state index in [1.165, 1.54) is 36.0 Å². The zero-order chi connectivity index (χ0) is 38.5. The monoisotopic (exact) mass is 746 g/mol. The van der Waals surface area contributed by atoms with E-state index >= 15 is 0 Å². The van der Waals surface area contributed by atoms with Crippen LogP contribution in [0.25, 0.3) is 23.0 Å². The lowest BCUT2D eigenvalue weighted by molar-refractivity contribution is -0.138. The standard InChI is InChI=1S/C42H42N4O7S/c1-8-19-52-41(49)37-27(5)43-42-46(39(37)30-15-17-34(53-28(6)47)35(22-30)50-7)40(48)36(54-42)23-31-24-45(32-12-10-9-11-13-32)44-38(31)29-14-16-33(26(4)21-29)51-20-18-25(2)3/h8-17,21-25,39H,1,18-20H2,2-7H3/b36-23-. The topological polar surface area (TPSA) is 123 Å². The van der Waals surface area contributed by atoms with E-state index in [-0.39, 0.29) is 29.2 Å². The van der Waals surface area contributed by atoms with Gasteiger partial charge in [0, 0.05) is 24.2 Å². The molecule has 6 rings (SSSR count). The van der Waals surface area contributed by atoms with Crippen molar-refractivity contribution >= 4 is 29.4 Å². The lowest BCUT2D eigenvalue weighted by Crippen LogP contribution is -2.40. The second-order valence-electron chi connectivity index (χ2n) is 13.2. The van der Waals surface area contributed by atoms with Crippen LogP contribution in [0.2, 0.25) is 0 Å². The van der Waals surface area contributed by atoms with E-state index in [9.17, 15) is 14.4 Å². The SMILES string of the molecule is C=CCOC(=O)C1=C(C)N=c2s/c(=C\c3cn(-c4ccccc4)nc3-c3ccc(OCCC(C)C)c(C)c3)c(=O)n2C1c1ccc(OC(C)=O)c(OC)c1. The summed E-state index contributed by atoms with van der Waals surface area (Å²) in [7, 11) is 1.44. The van der Waals surface area contributed by atoms with E-state index in [2.05, 4.69) is 20.4 Å². The molecule has 0 bridgehead atoms. The van der Waals surface area contributed by atoms with Crippen molar-refractivity contribution in [3.05, 3.63) is 133 Å². The Morgan fingerprint density at radius 2 is 1.78 bits per heavy atom. The normalized spacial score (nSPS) is 14.1. The third-order valence-electron chi connectivity index (χ3n) is 8.78. The summed E-state index contributed by atoms with van der Waals surface area (Å²) in [5.74, 6) is 0.639. The number of aryl methyl sites for hydroxylation is 1. The predicted octanol–water partition coefficient (Wildman–Crippen LogP) is 6.48. The van der Waals surface area contributed by atoms with E-state index in [4.69, 9.17) is 29.0 Å². The molecule has 1 unspecified atom stereocenters. The second-order valence-corrected chi connectivity index (χ2v) is 14.2. The minimum absolute atomic E-state index is 0.0276. The molecule has 0 spiro atoms. The minimum Gasteiger partial charge on any atom is -0.493 e. The van der Waals surface area contributed by atoms with Crippen molar-refractivity contribution in [3.63, 3.8) is 0 Å². The first-order chi connectivity index (χ1) is 26.0. The molecule has 1 aliphatic rings. The first kappa shape index (κ1) is 37.7. The number of hydrogen-bond acceptors (Lipinski definition) is 10. The van der Waals surface area contributed by atoms with Crippen molar-refractivity contribution in [3.8, 4) is 34.2 Å². The van der Waals surface area contributed by atoms with Crippen molar-refractivity contribution in [2.24, 2.45) is 10.9 Å². The quantitative estimate of drug-likeness (QED) is 0.0762. The highest BCUT2D eigenvalue weighted by Gasteiger charge is 2.34. The summed E-state index contributed by atoms with van der Waals surface area (Å²) in [6.45, 7) is 13.6. The minimum atomic E-state index is -0.932. The Morgan fingerprint density at radius 3 is 2.46 bits per heavy atom. The molecule has 1 aliphatic heterocycles. The number of methoxy groups -OCH3 is 1. The molecule has 1 atom stereocenters. The zero-order valence-corrected chi connectivity index (χ0v) is 31.9. The predicted molar refractivity (Wildman–Crippen MR) is 208 cm³/mol. The Balaban J connectivity index is 1.51. The highest BCUT2D eigenvalue weighted by molar-refractivity contribution is 7.07. The highest BCUT2D eigenvalue weighted by Crippen LogP contribution is 2.36. The summed E-state index contributed by atoms with van der Waals surface area (Å²) < 4.78 is 26.1. The van der Waals surface area contributed by atoms with Gasteiger partial charge in [-0.1, -0.05) is 62.1 Å². The average Bonchev–Trinajstić information content (AvgIpc) is 3.71. The largest absolute Gasteiger partial charge is 0.493 e. The molecular weight excluding hydrogens is 705 g/mol. The molecule has 2 aromatic heterocycles. The molecule has 0 aliphatic carbocycles. The molecule has 0 saturated heterocycles. The smallest absolute Gasteiger partial charge is 0.338 e. The van der Waals surface area contributed by atoms with E-state index in [1.807, 2.05) is 67.7 Å². The summed E-state index contributed by atoms with van der Waals surface area (Å²) in [4.78, 5) is 45.1. The van der Waals surface area contributed by atoms with Crippen LogP contribution in [0.3, 0.4) is 0 Å². The van der Waals surface area contributed by atoms with Gasteiger partial charge in [-0.2, -0.15) is 5.10 Å². The molecule has 0 amide bonds. The fourth-order valence-electron chi connectivity index (χ4n) is 6.14. The Bertz CT molecular complexity index is 2440. The number of aromatic nitrogens is 3. The van der Waals surface area contributed by atoms with Gasteiger partial charge in [-0.05, 0) is 85.9 Å². The Kier molecular flexibility index (Phi) is 11.4. The van der Waals surface area contributed by atoms with Crippen LogP contribution in [0.1, 0.15) is 56.8 Å². The Morgan fingerprint density at radius 1 is 1.02 bits per heavy atom. The van der Waals surface area contributed by atoms with Gasteiger partial charge in [-0.3, -0.25) is 14.2 Å². The number of benzene rings is 3. The third kappa shape index (κ3) is 7.98. The molecule has 5 aromatic rings. The van der Waals surface area contributed by atoms with Crippen LogP contribution in [0, 0.1) is 12.8 Å². The van der Waals surface area contributed by atoms with Gasteiger partial charge in [0.05, 0.1) is 41.2 Å². The lowest BCUT2D eigenvalue weighted by Gasteiger charge is -2.25. The molecule has 3 aromatic carbocycles. The van der Waals surface area contributed by atoms with Crippen LogP contribution in [0.4, 0.5) is 0 Å². The van der Waals surface area contributed by atoms with E-state index in [0.29, 0.717) is 44.4 Å². The number of rotatable bonds is 13. The number of nitrogens with zero attached hydrogens (tertiary/aromatic N) is 4. The lowest BCUT2D eigenvalue weighted by atomic mass is 9.95. The number of carbonyl (C=O) groups is 2. The zero-order valence-electron chi connectivity index (χ0n) is 31.1. The summed E-state index contributed by atoms with van der Waals surface area (Å²) in [6.07, 6.45) is 6.13. The van der Waals surface area contributed by atoms with Gasteiger partial charge in [-0.25, -0.2) is 14.5 Å². The van der Waals surface area contributed by atoms with Crippen molar-refractivity contribution in [1.82, 2.24) is 14.3 Å². The Hall–Kier alpha value is -6.01. The molecule has 54 heavy (non-hydrogen) atoms. The first-order valence-electron chi connectivity index (χ1n) is 17.5. The molecule has 3 heterocycles. The maximum absolute atomic E-state index is 14.6. The Labute approximate surface area is 317 Å². The van der Waals surface area contributed by atoms with Gasteiger partial charge in [0.15, 0.2) is 16.3 Å². The third-order valence-corrected chi connectivity index (χ3v) is 9.76. The molecule has 0 fully saturated rings. The molecular formula is C42H42N4O7S. The van der Waals surface area contributed by atoms with Crippen LogP contribution >= 0.6 is 11.3 Å². The number of allylic oxidation sites excluding steroid dienone is 1. The maximum atomic E-state index is 14.6. The van der Waals surface area contributed by atoms with E-state index < -0.39 is 18.0 Å². The van der Waals surface area contributed by atoms with Crippen LogP contribution in [-0.2, 0) is 14.3 Å². The summed E-state index contributed by atoms with van der Waals surface area (Å²) in [6, 6.07) is 19.7. The summed E-state index contributed by atoms with van der Waals surface area (Å²) >= 11 is 1.21. The van der Waals surface area contributed by atoms with Gasteiger partial charge >= 0.3 is 11.9 Å². The van der Waals surface area contributed by atoms with Crippen LogP contribution in [0.5, 0.6) is 17.2 Å². The van der Waals surface area contributed by atoms with Gasteiger partial charge in [-0.15, -0.1) is 0 Å². The molecule has 12 heteroatoms. The first-order valence-corrected chi connectivity index (χ1v) is 18.4. The van der Waals surface area contributed by atoms with Gasteiger partial charge in [0.1, 0.15) is 18.1 Å². The maximum Gasteiger partial charge on any atom is 0.338 e. The molecule has 0 saturated carbocycles.